The number of rotatable bonds is 2. The van der Waals surface area contributed by atoms with Gasteiger partial charge >= 0.3 is 0 Å². The summed E-state index contributed by atoms with van der Waals surface area (Å²) in [6.07, 6.45) is 2.23. The van der Waals surface area contributed by atoms with Gasteiger partial charge in [-0.15, -0.1) is 0 Å². The number of aliphatic hydroxyl groups is 1. The highest BCUT2D eigenvalue weighted by atomic mass is 35.5. The fourth-order valence-corrected chi connectivity index (χ4v) is 2.10. The van der Waals surface area contributed by atoms with Gasteiger partial charge in [0.1, 0.15) is 5.75 Å². The van der Waals surface area contributed by atoms with Gasteiger partial charge in [-0.25, -0.2) is 0 Å². The predicted molar refractivity (Wildman–Crippen MR) is 80.2 cm³/mol. The Balaban J connectivity index is 0.000000204. The molecule has 4 nitrogen and oxygen atoms in total. The van der Waals surface area contributed by atoms with E-state index >= 15 is 0 Å². The number of aromatic hydroxyl groups is 1. The molecule has 0 aliphatic carbocycles. The fraction of sp³-hybridized carbons (Fsp3) is 0.500. The minimum absolute atomic E-state index is 0.0324. The van der Waals surface area contributed by atoms with E-state index in [-0.39, 0.29) is 24.2 Å². The number of carbonyl (C=O) groups is 1. The Kier molecular flexibility index (Phi) is 7.13. The van der Waals surface area contributed by atoms with Gasteiger partial charge in [-0.3, -0.25) is 4.79 Å². The fourth-order valence-electron chi connectivity index (χ4n) is 1.81. The Morgan fingerprint density at radius 1 is 1.30 bits per heavy atom. The van der Waals surface area contributed by atoms with Crippen molar-refractivity contribution in [1.82, 2.24) is 4.90 Å². The molecule has 2 rings (SSSR count). The van der Waals surface area contributed by atoms with Gasteiger partial charge in [0.05, 0.1) is 22.6 Å². The van der Waals surface area contributed by atoms with Crippen molar-refractivity contribution in [3.63, 3.8) is 0 Å². The molecule has 1 amide bonds. The molecule has 0 bridgehead atoms. The zero-order valence-electron chi connectivity index (χ0n) is 11.4. The molecule has 0 radical (unpaired) electrons. The number of phenolic OH excluding ortho intramolecular Hbond substituents is 1. The van der Waals surface area contributed by atoms with Crippen LogP contribution in [0.15, 0.2) is 18.2 Å². The first kappa shape index (κ1) is 17.1. The summed E-state index contributed by atoms with van der Waals surface area (Å²) in [7, 11) is 0. The van der Waals surface area contributed by atoms with Crippen LogP contribution in [-0.2, 0) is 4.79 Å². The topological polar surface area (TPSA) is 60.8 Å². The van der Waals surface area contributed by atoms with Crippen molar-refractivity contribution in [1.29, 1.82) is 0 Å². The summed E-state index contributed by atoms with van der Waals surface area (Å²) >= 11 is 11.1. The Bertz CT molecular complexity index is 448. The van der Waals surface area contributed by atoms with E-state index in [4.69, 9.17) is 33.4 Å². The first-order chi connectivity index (χ1) is 9.45. The molecule has 1 saturated heterocycles. The molecule has 1 fully saturated rings. The third kappa shape index (κ3) is 5.19. The zero-order chi connectivity index (χ0) is 15.1. The maximum Gasteiger partial charge on any atom is 0.227 e. The number of phenols is 1. The van der Waals surface area contributed by atoms with E-state index in [1.165, 1.54) is 12.1 Å². The predicted octanol–water partition coefficient (Wildman–Crippen LogP) is 2.94. The van der Waals surface area contributed by atoms with Crippen molar-refractivity contribution in [3.8, 4) is 5.75 Å². The second-order valence-electron chi connectivity index (χ2n) is 4.71. The Morgan fingerprint density at radius 3 is 2.35 bits per heavy atom. The Morgan fingerprint density at radius 2 is 1.90 bits per heavy atom. The zero-order valence-corrected chi connectivity index (χ0v) is 12.9. The molecule has 2 N–H and O–H groups in total. The standard InChI is InChI=1S/C8H15NO2.C6H4Cl2O/c1-7(6-10)8(11)9-4-2-3-5-9;7-5-2-1-4(9)3-6(5)8/h7,10H,2-6H2,1H3;1-3,9H. The summed E-state index contributed by atoms with van der Waals surface area (Å²) in [5.41, 5.74) is 0. The average Bonchev–Trinajstić information content (AvgIpc) is 2.96. The van der Waals surface area contributed by atoms with Crippen molar-refractivity contribution in [2.24, 2.45) is 5.92 Å². The number of hydrogen-bond acceptors (Lipinski definition) is 3. The lowest BCUT2D eigenvalue weighted by Gasteiger charge is -2.18. The van der Waals surface area contributed by atoms with Crippen LogP contribution in [0, 0.1) is 5.92 Å². The molecule has 1 aromatic carbocycles. The maximum absolute atomic E-state index is 11.3. The van der Waals surface area contributed by atoms with Crippen LogP contribution in [0.5, 0.6) is 5.75 Å². The van der Waals surface area contributed by atoms with Crippen molar-refractivity contribution < 1.29 is 15.0 Å². The SMILES string of the molecule is CC(CO)C(=O)N1CCCC1.Oc1ccc(Cl)c(Cl)c1. The highest BCUT2D eigenvalue weighted by molar-refractivity contribution is 6.42. The van der Waals surface area contributed by atoms with Crippen LogP contribution < -0.4 is 0 Å². The van der Waals surface area contributed by atoms with Gasteiger partial charge in [0.2, 0.25) is 5.91 Å². The van der Waals surface area contributed by atoms with Crippen LogP contribution in [0.2, 0.25) is 10.0 Å². The molecule has 1 aromatic rings. The summed E-state index contributed by atoms with van der Waals surface area (Å²) in [6, 6.07) is 4.41. The number of carbonyl (C=O) groups excluding carboxylic acids is 1. The van der Waals surface area contributed by atoms with Crippen LogP contribution in [0.4, 0.5) is 0 Å². The van der Waals surface area contributed by atoms with Gasteiger partial charge in [0, 0.05) is 13.1 Å². The van der Waals surface area contributed by atoms with E-state index in [2.05, 4.69) is 0 Å². The van der Waals surface area contributed by atoms with Crippen molar-refractivity contribution in [3.05, 3.63) is 28.2 Å². The first-order valence-electron chi connectivity index (χ1n) is 6.49. The van der Waals surface area contributed by atoms with E-state index < -0.39 is 0 Å². The summed E-state index contributed by atoms with van der Waals surface area (Å²) in [5.74, 6) is 0.0162. The Hall–Kier alpha value is -0.970. The van der Waals surface area contributed by atoms with Crippen LogP contribution in [0.25, 0.3) is 0 Å². The molecular formula is C14H19Cl2NO3. The van der Waals surface area contributed by atoms with E-state index in [9.17, 15) is 4.79 Å². The molecule has 1 atom stereocenters. The molecule has 0 spiro atoms. The molecule has 6 heteroatoms. The molecule has 112 valence electrons. The average molecular weight is 320 g/mol. The van der Waals surface area contributed by atoms with Gasteiger partial charge in [-0.2, -0.15) is 0 Å². The third-order valence-corrected chi connectivity index (χ3v) is 3.76. The minimum Gasteiger partial charge on any atom is -0.508 e. The highest BCUT2D eigenvalue weighted by Gasteiger charge is 2.22. The van der Waals surface area contributed by atoms with Gasteiger partial charge in [0.25, 0.3) is 0 Å². The number of nitrogens with zero attached hydrogens (tertiary/aromatic N) is 1. The number of likely N-dealkylation sites (tertiary alicyclic amines) is 1. The molecule has 20 heavy (non-hydrogen) atoms. The Labute approximate surface area is 128 Å². The summed E-state index contributed by atoms with van der Waals surface area (Å²) in [5, 5.41) is 18.3. The molecule has 1 aliphatic rings. The number of benzene rings is 1. The largest absolute Gasteiger partial charge is 0.508 e. The number of aliphatic hydroxyl groups excluding tert-OH is 1. The minimum atomic E-state index is -0.215. The van der Waals surface area contributed by atoms with E-state index in [0.29, 0.717) is 10.0 Å². The monoisotopic (exact) mass is 319 g/mol. The summed E-state index contributed by atoms with van der Waals surface area (Å²) < 4.78 is 0. The lowest BCUT2D eigenvalue weighted by atomic mass is 10.2. The second kappa shape index (κ2) is 8.35. The highest BCUT2D eigenvalue weighted by Crippen LogP contribution is 2.25. The summed E-state index contributed by atoms with van der Waals surface area (Å²) in [4.78, 5) is 13.2. The molecule has 1 unspecified atom stereocenters. The molecule has 1 heterocycles. The van der Waals surface area contributed by atoms with Gasteiger partial charge < -0.3 is 15.1 Å². The number of halogens is 2. The summed E-state index contributed by atoms with van der Waals surface area (Å²) in [6.45, 7) is 3.49. The smallest absolute Gasteiger partial charge is 0.227 e. The first-order valence-corrected chi connectivity index (χ1v) is 7.25. The lowest BCUT2D eigenvalue weighted by molar-refractivity contribution is -0.135. The van der Waals surface area contributed by atoms with E-state index in [0.717, 1.165) is 25.9 Å². The normalized spacial score (nSPS) is 15.5. The maximum atomic E-state index is 11.3. The molecule has 1 aliphatic heterocycles. The molecule has 0 saturated carbocycles. The van der Waals surface area contributed by atoms with Gasteiger partial charge in [0.15, 0.2) is 0 Å². The number of hydrogen-bond donors (Lipinski definition) is 2. The van der Waals surface area contributed by atoms with E-state index in [1.54, 1.807) is 13.0 Å². The van der Waals surface area contributed by atoms with Crippen LogP contribution in [-0.4, -0.2) is 40.7 Å². The van der Waals surface area contributed by atoms with Crippen molar-refractivity contribution >= 4 is 29.1 Å². The lowest BCUT2D eigenvalue weighted by Crippen LogP contribution is -2.33. The second-order valence-corrected chi connectivity index (χ2v) is 5.53. The van der Waals surface area contributed by atoms with E-state index in [1.807, 2.05) is 4.90 Å². The quantitative estimate of drug-likeness (QED) is 0.881. The van der Waals surface area contributed by atoms with Crippen LogP contribution in [0.3, 0.4) is 0 Å². The third-order valence-electron chi connectivity index (χ3n) is 3.02. The van der Waals surface area contributed by atoms with Crippen LogP contribution >= 0.6 is 23.2 Å². The van der Waals surface area contributed by atoms with Gasteiger partial charge in [-0.05, 0) is 31.0 Å². The molecular weight excluding hydrogens is 301 g/mol. The van der Waals surface area contributed by atoms with Crippen molar-refractivity contribution in [2.45, 2.75) is 19.8 Å². The van der Waals surface area contributed by atoms with Crippen molar-refractivity contribution in [2.75, 3.05) is 19.7 Å². The van der Waals surface area contributed by atoms with Crippen LogP contribution in [0.1, 0.15) is 19.8 Å². The van der Waals surface area contributed by atoms with Gasteiger partial charge in [-0.1, -0.05) is 30.1 Å². The molecule has 0 aromatic heterocycles. The number of amides is 1.